The number of benzene rings is 3. The Morgan fingerprint density at radius 3 is 1.68 bits per heavy atom. The number of phenols is 4. The fourth-order valence-electron chi connectivity index (χ4n) is 10.7. The molecule has 9 rings (SSSR count). The number of ether oxygens (including phenoxy) is 14. The second-order valence-corrected chi connectivity index (χ2v) is 21.9. The summed E-state index contributed by atoms with van der Waals surface area (Å²) in [6.45, 7) is -0.0270. The number of phenolic OH excluding ortho intramolecular Hbond substituents is 4. The maximum absolute atomic E-state index is 14.8. The van der Waals surface area contributed by atoms with Crippen LogP contribution in [0.25, 0.3) is 28.4 Å². The lowest BCUT2D eigenvalue weighted by Gasteiger charge is -2.48. The molecular weight excluding hydrogens is 1230 g/mol. The first-order valence-corrected chi connectivity index (χ1v) is 28.2. The van der Waals surface area contributed by atoms with E-state index in [1.165, 1.54) is 65.5 Å². The van der Waals surface area contributed by atoms with Gasteiger partial charge in [0.15, 0.2) is 60.0 Å². The van der Waals surface area contributed by atoms with Crippen molar-refractivity contribution >= 4 is 23.0 Å². The normalized spacial score (nSPS) is 37.1. The molecule has 5 aliphatic rings. The highest BCUT2D eigenvalue weighted by atomic mass is 16.8. The van der Waals surface area contributed by atoms with Crippen molar-refractivity contribution in [3.8, 4) is 57.3 Å². The van der Waals surface area contributed by atoms with Gasteiger partial charge < -0.3 is 158 Å². The highest BCUT2D eigenvalue weighted by Crippen LogP contribution is 2.42. The van der Waals surface area contributed by atoms with E-state index in [-0.39, 0.29) is 34.3 Å². The molecule has 0 radical (unpaired) electrons. The molecule has 6 heterocycles. The molecule has 5 fully saturated rings. The Hall–Kier alpha value is -6.40. The predicted molar refractivity (Wildman–Crippen MR) is 296 cm³/mol. The molecule has 0 saturated carbocycles. The van der Waals surface area contributed by atoms with Crippen LogP contribution in [0.3, 0.4) is 0 Å². The number of aromatic hydroxyl groups is 4. The third-order valence-corrected chi connectivity index (χ3v) is 15.9. The zero-order valence-electron chi connectivity index (χ0n) is 48.8. The zero-order chi connectivity index (χ0) is 66.2. The maximum Gasteiger partial charge on any atom is 0.330 e. The minimum absolute atomic E-state index is 0.0171. The standard InChI is InChI=1S/C57H72O34/c1-18-34(63)43(72)51(90-53-45(74)41(70)37(66)29(15-58)85-53)56(83-18)81-17-31-39(68)44(73)52(57(87-31)89-50-40(69)33-24(61)13-22(59)14-26(33)84-48(50)21-7-8-23(60)25(12-21)77-3)91-55-47(76)49(35(64)19(2)82-55)88-54-46(75)42(71)38(67)30(86-54)16-80-32(62)9-6-20-10-27(78-4)36(65)28(11-20)79-5/h6-14,18-19,29-31,34-35,37-39,41-47,49,51-61,63-68,70-76H,15-17H2,1-5H3/t18-,19-,29+,30+,31+,34-,35-,37+,38+,39+,41-,42-,43+,44-,45+,46+,47+,49+,51+,52+,53-,54-,55-,56+,57-/m0/s1. The largest absolute Gasteiger partial charge is 0.508 e. The topological polar surface area (TPSA) is 520 Å². The third kappa shape index (κ3) is 14.3. The number of esters is 1. The number of methoxy groups -OCH3 is 3. The van der Waals surface area contributed by atoms with Crippen molar-refractivity contribution in [2.24, 2.45) is 0 Å². The van der Waals surface area contributed by atoms with Crippen LogP contribution < -0.4 is 24.4 Å². The highest BCUT2D eigenvalue weighted by Gasteiger charge is 2.56. The zero-order valence-corrected chi connectivity index (χ0v) is 48.8. The average Bonchev–Trinajstić information content (AvgIpc) is 0.793. The Balaban J connectivity index is 1.00. The van der Waals surface area contributed by atoms with Crippen LogP contribution >= 0.6 is 0 Å². The number of hydrogen-bond acceptors (Lipinski definition) is 34. The second-order valence-electron chi connectivity index (χ2n) is 21.9. The van der Waals surface area contributed by atoms with Gasteiger partial charge in [-0.15, -0.1) is 0 Å². The van der Waals surface area contributed by atoms with Crippen LogP contribution in [0.4, 0.5) is 0 Å². The Labute approximate surface area is 514 Å². The van der Waals surface area contributed by atoms with E-state index in [1.54, 1.807) is 0 Å². The van der Waals surface area contributed by atoms with Crippen LogP contribution in [-0.2, 0) is 52.2 Å². The summed E-state index contributed by atoms with van der Waals surface area (Å²) in [6.07, 6.45) is -46.0. The molecule has 4 aromatic rings. The van der Waals surface area contributed by atoms with Gasteiger partial charge in [-0.25, -0.2) is 4.79 Å². The minimum Gasteiger partial charge on any atom is -0.508 e. The smallest absolute Gasteiger partial charge is 0.330 e. The Morgan fingerprint density at radius 2 is 1.05 bits per heavy atom. The van der Waals surface area contributed by atoms with E-state index in [0.29, 0.717) is 5.56 Å². The summed E-state index contributed by atoms with van der Waals surface area (Å²) in [5, 5.41) is 186. The molecule has 3 aromatic carbocycles. The molecule has 0 bridgehead atoms. The molecule has 0 aliphatic carbocycles. The molecule has 91 heavy (non-hydrogen) atoms. The first-order valence-electron chi connectivity index (χ1n) is 28.2. The molecule has 504 valence electrons. The Kier molecular flexibility index (Phi) is 21.9. The monoisotopic (exact) mass is 1300 g/mol. The van der Waals surface area contributed by atoms with E-state index in [1.807, 2.05) is 0 Å². The van der Waals surface area contributed by atoms with Crippen molar-refractivity contribution in [3.63, 3.8) is 0 Å². The van der Waals surface area contributed by atoms with E-state index in [0.717, 1.165) is 24.3 Å². The maximum atomic E-state index is 14.8. The van der Waals surface area contributed by atoms with Crippen molar-refractivity contribution < 1.29 is 162 Å². The number of fused-ring (bicyclic) bond motifs is 1. The molecule has 0 unspecified atom stereocenters. The van der Waals surface area contributed by atoms with Gasteiger partial charge in [-0.2, -0.15) is 0 Å². The summed E-state index contributed by atoms with van der Waals surface area (Å²) < 4.78 is 86.0. The van der Waals surface area contributed by atoms with Crippen LogP contribution in [0.5, 0.6) is 46.0 Å². The van der Waals surface area contributed by atoms with Gasteiger partial charge in [-0.1, -0.05) is 0 Å². The van der Waals surface area contributed by atoms with Crippen LogP contribution in [0.1, 0.15) is 19.4 Å². The van der Waals surface area contributed by atoms with Gasteiger partial charge in [-0.3, -0.25) is 4.79 Å². The summed E-state index contributed by atoms with van der Waals surface area (Å²) in [6, 6.07) is 8.08. The van der Waals surface area contributed by atoms with E-state index in [2.05, 4.69) is 0 Å². The van der Waals surface area contributed by atoms with Gasteiger partial charge in [0.2, 0.25) is 23.2 Å². The van der Waals surface area contributed by atoms with E-state index in [9.17, 15) is 96.4 Å². The van der Waals surface area contributed by atoms with Gasteiger partial charge >= 0.3 is 5.97 Å². The molecule has 1 aromatic heterocycles. The lowest BCUT2D eigenvalue weighted by Crippen LogP contribution is -2.67. The van der Waals surface area contributed by atoms with Gasteiger partial charge in [-0.05, 0) is 55.8 Å². The second kappa shape index (κ2) is 28.9. The number of carbonyl (C=O) groups is 1. The quantitative estimate of drug-likeness (QED) is 0.0291. The minimum atomic E-state index is -2.32. The summed E-state index contributed by atoms with van der Waals surface area (Å²) >= 11 is 0. The summed E-state index contributed by atoms with van der Waals surface area (Å²) in [5.41, 5.74) is -1.38. The highest BCUT2D eigenvalue weighted by molar-refractivity contribution is 5.89. The molecule has 0 amide bonds. The Bertz CT molecular complexity index is 3210. The molecule has 17 N–H and O–H groups in total. The van der Waals surface area contributed by atoms with E-state index < -0.39 is 219 Å². The Morgan fingerprint density at radius 1 is 0.527 bits per heavy atom. The van der Waals surface area contributed by atoms with Gasteiger partial charge in [0.1, 0.15) is 133 Å². The first kappa shape index (κ1) is 69.0. The lowest BCUT2D eigenvalue weighted by atomic mass is 9.96. The summed E-state index contributed by atoms with van der Waals surface area (Å²) in [7, 11) is 3.78. The van der Waals surface area contributed by atoms with Gasteiger partial charge in [0, 0.05) is 23.8 Å². The van der Waals surface area contributed by atoms with Gasteiger partial charge in [0.05, 0.1) is 46.8 Å². The fourth-order valence-corrected chi connectivity index (χ4v) is 10.7. The van der Waals surface area contributed by atoms with E-state index >= 15 is 0 Å². The molecule has 34 nitrogen and oxygen atoms in total. The lowest BCUT2D eigenvalue weighted by molar-refractivity contribution is -0.383. The number of aliphatic hydroxyl groups is 13. The first-order chi connectivity index (χ1) is 43.2. The number of hydrogen-bond donors (Lipinski definition) is 17. The average molecular weight is 1300 g/mol. The van der Waals surface area contributed by atoms with E-state index in [4.69, 9.17) is 70.7 Å². The van der Waals surface area contributed by atoms with Crippen molar-refractivity contribution in [2.45, 2.75) is 167 Å². The SMILES string of the molecule is COc1cc(-c2oc3cc(O)cc(O)c3c(=O)c2O[C@@H]2O[C@H](CO[C@@H]3O[C@@H](C)[C@H](O)[C@@H](O)[C@H]3O[C@@H]3O[C@H](CO)[C@@H](O)[C@H](O)[C@H]3O)[C@@H](O)[C@H](O)[C@H]2O[C@@H]2O[C@@H](C)[C@H](O)[C@@H](O[C@@H]3O[C@H](COC(=O)C=Cc4cc(OC)c(O)c(OC)c4)[C@@H](O)[C@H](O)[C@H]3O)[C@H]2O)ccc1O. The summed E-state index contributed by atoms with van der Waals surface area (Å²) in [4.78, 5) is 27.6. The molecule has 25 atom stereocenters. The van der Waals surface area contributed by atoms with Crippen LogP contribution in [-0.4, -0.2) is 287 Å². The molecule has 0 spiro atoms. The molecule has 34 heteroatoms. The summed E-state index contributed by atoms with van der Waals surface area (Å²) in [5.74, 6) is -4.64. The molecular formula is C57H72O34. The molecule has 5 saturated heterocycles. The number of aliphatic hydroxyl groups excluding tert-OH is 13. The van der Waals surface area contributed by atoms with Crippen molar-refractivity contribution in [1.82, 2.24) is 0 Å². The van der Waals surface area contributed by atoms with Gasteiger partial charge in [0.25, 0.3) is 0 Å². The fraction of sp³-hybridized carbons (Fsp3) is 0.579. The number of rotatable bonds is 20. The van der Waals surface area contributed by atoms with Crippen molar-refractivity contribution in [2.75, 3.05) is 41.2 Å². The molecule has 5 aliphatic heterocycles. The van der Waals surface area contributed by atoms with Crippen LogP contribution in [0, 0.1) is 0 Å². The van der Waals surface area contributed by atoms with Crippen LogP contribution in [0.2, 0.25) is 0 Å². The van der Waals surface area contributed by atoms with Crippen molar-refractivity contribution in [3.05, 3.63) is 64.3 Å². The van der Waals surface area contributed by atoms with Crippen LogP contribution in [0.15, 0.2) is 57.8 Å². The third-order valence-electron chi connectivity index (χ3n) is 15.9. The number of carbonyl (C=O) groups excluding carboxylic acids is 1. The predicted octanol–water partition coefficient (Wildman–Crippen LogP) is -4.90. The van der Waals surface area contributed by atoms with Crippen molar-refractivity contribution in [1.29, 1.82) is 0 Å².